The second-order valence-electron chi connectivity index (χ2n) is 6.74. The normalized spacial score (nSPS) is 11.1. The number of sulfonamides is 1. The molecule has 1 aromatic heterocycles. The SMILES string of the molecule is CCN(CC)C(=O)c1ccc(NC(=O)c2ccc(NS(=O)(=O)c3cccs3)cc2)cc1Cl. The van der Waals surface area contributed by atoms with Crippen LogP contribution in [0.2, 0.25) is 5.02 Å². The molecule has 0 saturated carbocycles. The van der Waals surface area contributed by atoms with Crippen LogP contribution in [0.25, 0.3) is 0 Å². The second-order valence-corrected chi connectivity index (χ2v) is 10.0. The Balaban J connectivity index is 1.68. The zero-order valence-electron chi connectivity index (χ0n) is 17.5. The molecule has 3 rings (SSSR count). The van der Waals surface area contributed by atoms with Crippen LogP contribution in [0.4, 0.5) is 11.4 Å². The van der Waals surface area contributed by atoms with E-state index >= 15 is 0 Å². The summed E-state index contributed by atoms with van der Waals surface area (Å²) >= 11 is 7.39. The summed E-state index contributed by atoms with van der Waals surface area (Å²) in [6, 6.07) is 14.0. The summed E-state index contributed by atoms with van der Waals surface area (Å²) in [5.41, 5.74) is 1.50. The molecule has 2 aromatic carbocycles. The Morgan fingerprint density at radius 2 is 1.66 bits per heavy atom. The first-order valence-electron chi connectivity index (χ1n) is 9.81. The average Bonchev–Trinajstić information content (AvgIpc) is 3.31. The van der Waals surface area contributed by atoms with E-state index in [1.165, 1.54) is 36.4 Å². The first kappa shape index (κ1) is 23.8. The quantitative estimate of drug-likeness (QED) is 0.466. The van der Waals surface area contributed by atoms with Crippen molar-refractivity contribution in [3.05, 3.63) is 76.1 Å². The molecule has 168 valence electrons. The molecule has 7 nitrogen and oxygen atoms in total. The standard InChI is InChI=1S/C22H22ClN3O4S2/c1-3-26(4-2)22(28)18-12-11-17(14-19(18)23)24-21(27)15-7-9-16(10-8-15)25-32(29,30)20-6-5-13-31-20/h5-14,25H,3-4H2,1-2H3,(H,24,27). The lowest BCUT2D eigenvalue weighted by molar-refractivity contribution is 0.0773. The Bertz CT molecular complexity index is 1210. The van der Waals surface area contributed by atoms with E-state index in [9.17, 15) is 18.0 Å². The van der Waals surface area contributed by atoms with Crippen LogP contribution in [0, 0.1) is 0 Å². The van der Waals surface area contributed by atoms with Gasteiger partial charge in [-0.05, 0) is 67.8 Å². The van der Waals surface area contributed by atoms with Gasteiger partial charge in [-0.15, -0.1) is 11.3 Å². The van der Waals surface area contributed by atoms with Crippen LogP contribution in [0.5, 0.6) is 0 Å². The third-order valence-electron chi connectivity index (χ3n) is 4.67. The smallest absolute Gasteiger partial charge is 0.271 e. The summed E-state index contributed by atoms with van der Waals surface area (Å²) in [6.07, 6.45) is 0. The van der Waals surface area contributed by atoms with E-state index in [1.54, 1.807) is 28.5 Å². The Labute approximate surface area is 196 Å². The summed E-state index contributed by atoms with van der Waals surface area (Å²) in [6.45, 7) is 4.93. The molecule has 0 unspecified atom stereocenters. The maximum absolute atomic E-state index is 12.6. The largest absolute Gasteiger partial charge is 0.339 e. The summed E-state index contributed by atoms with van der Waals surface area (Å²) in [5.74, 6) is -0.560. The molecule has 10 heteroatoms. The van der Waals surface area contributed by atoms with Crippen molar-refractivity contribution in [3.63, 3.8) is 0 Å². The summed E-state index contributed by atoms with van der Waals surface area (Å²) in [5, 5.41) is 4.66. The van der Waals surface area contributed by atoms with Gasteiger partial charge in [0, 0.05) is 30.0 Å². The molecule has 0 saturated heterocycles. The topological polar surface area (TPSA) is 95.6 Å². The van der Waals surface area contributed by atoms with Gasteiger partial charge in [0.1, 0.15) is 4.21 Å². The van der Waals surface area contributed by atoms with Gasteiger partial charge in [0.15, 0.2) is 0 Å². The number of thiophene rings is 1. The highest BCUT2D eigenvalue weighted by Crippen LogP contribution is 2.24. The van der Waals surface area contributed by atoms with Gasteiger partial charge >= 0.3 is 0 Å². The lowest BCUT2D eigenvalue weighted by Crippen LogP contribution is -2.30. The summed E-state index contributed by atoms with van der Waals surface area (Å²) in [4.78, 5) is 26.7. The fourth-order valence-electron chi connectivity index (χ4n) is 2.96. The van der Waals surface area contributed by atoms with Crippen LogP contribution in [-0.2, 0) is 10.0 Å². The molecule has 0 spiro atoms. The van der Waals surface area contributed by atoms with E-state index in [-0.39, 0.29) is 15.1 Å². The number of anilines is 2. The lowest BCUT2D eigenvalue weighted by atomic mass is 10.1. The van der Waals surface area contributed by atoms with Crippen molar-refractivity contribution >= 4 is 56.2 Å². The van der Waals surface area contributed by atoms with E-state index in [0.717, 1.165) is 11.3 Å². The van der Waals surface area contributed by atoms with Crippen molar-refractivity contribution in [3.8, 4) is 0 Å². The van der Waals surface area contributed by atoms with Crippen molar-refractivity contribution in [1.82, 2.24) is 4.90 Å². The van der Waals surface area contributed by atoms with E-state index in [2.05, 4.69) is 10.0 Å². The number of hydrogen-bond donors (Lipinski definition) is 2. The zero-order valence-corrected chi connectivity index (χ0v) is 19.9. The molecule has 3 aromatic rings. The third kappa shape index (κ3) is 5.48. The number of halogens is 1. The lowest BCUT2D eigenvalue weighted by Gasteiger charge is -2.19. The Morgan fingerprint density at radius 3 is 2.22 bits per heavy atom. The van der Waals surface area contributed by atoms with Crippen molar-refractivity contribution in [2.75, 3.05) is 23.1 Å². The predicted octanol–water partition coefficient (Wildman–Crippen LogP) is 4.94. The van der Waals surface area contributed by atoms with E-state index in [0.29, 0.717) is 35.6 Å². The highest BCUT2D eigenvalue weighted by atomic mass is 35.5. The molecule has 0 fully saturated rings. The minimum atomic E-state index is -3.66. The van der Waals surface area contributed by atoms with Gasteiger partial charge in [-0.3, -0.25) is 14.3 Å². The summed E-state index contributed by atoms with van der Waals surface area (Å²) in [7, 11) is -3.66. The van der Waals surface area contributed by atoms with Gasteiger partial charge in [-0.2, -0.15) is 0 Å². The second kappa shape index (κ2) is 10.2. The average molecular weight is 492 g/mol. The molecule has 32 heavy (non-hydrogen) atoms. The monoisotopic (exact) mass is 491 g/mol. The van der Waals surface area contributed by atoms with Gasteiger partial charge in [-0.1, -0.05) is 17.7 Å². The zero-order chi connectivity index (χ0) is 23.3. The van der Waals surface area contributed by atoms with Crippen molar-refractivity contribution in [1.29, 1.82) is 0 Å². The molecular weight excluding hydrogens is 470 g/mol. The molecule has 0 bridgehead atoms. The third-order valence-corrected chi connectivity index (χ3v) is 7.76. The van der Waals surface area contributed by atoms with E-state index < -0.39 is 15.9 Å². The molecule has 0 atom stereocenters. The fraction of sp³-hybridized carbons (Fsp3) is 0.182. The van der Waals surface area contributed by atoms with Crippen molar-refractivity contribution in [2.24, 2.45) is 0 Å². The van der Waals surface area contributed by atoms with Gasteiger partial charge in [0.25, 0.3) is 21.8 Å². The molecule has 0 aliphatic heterocycles. The van der Waals surface area contributed by atoms with Crippen LogP contribution in [0.3, 0.4) is 0 Å². The van der Waals surface area contributed by atoms with Gasteiger partial charge in [0.2, 0.25) is 0 Å². The molecule has 0 radical (unpaired) electrons. The maximum Gasteiger partial charge on any atom is 0.271 e. The predicted molar refractivity (Wildman–Crippen MR) is 128 cm³/mol. The van der Waals surface area contributed by atoms with Crippen LogP contribution < -0.4 is 10.0 Å². The number of nitrogens with zero attached hydrogens (tertiary/aromatic N) is 1. The molecule has 0 aliphatic carbocycles. The fourth-order valence-corrected chi connectivity index (χ4v) is 5.28. The van der Waals surface area contributed by atoms with Crippen molar-refractivity contribution in [2.45, 2.75) is 18.1 Å². The highest BCUT2D eigenvalue weighted by Gasteiger charge is 2.18. The van der Waals surface area contributed by atoms with Crippen LogP contribution in [0.15, 0.2) is 64.2 Å². The summed E-state index contributed by atoms with van der Waals surface area (Å²) < 4.78 is 27.3. The Hall–Kier alpha value is -2.88. The van der Waals surface area contributed by atoms with Crippen LogP contribution in [-0.4, -0.2) is 38.2 Å². The van der Waals surface area contributed by atoms with Crippen LogP contribution >= 0.6 is 22.9 Å². The van der Waals surface area contributed by atoms with E-state index in [1.807, 2.05) is 13.8 Å². The minimum Gasteiger partial charge on any atom is -0.339 e. The highest BCUT2D eigenvalue weighted by molar-refractivity contribution is 7.94. The maximum atomic E-state index is 12.6. The number of carbonyl (C=O) groups is 2. The van der Waals surface area contributed by atoms with E-state index in [4.69, 9.17) is 11.6 Å². The number of benzene rings is 2. The Morgan fingerprint density at radius 1 is 1.00 bits per heavy atom. The first-order chi connectivity index (χ1) is 15.2. The number of amides is 2. The molecule has 1 heterocycles. The number of rotatable bonds is 8. The number of carbonyl (C=O) groups excluding carboxylic acids is 2. The molecule has 2 amide bonds. The van der Waals surface area contributed by atoms with Gasteiger partial charge in [-0.25, -0.2) is 8.42 Å². The van der Waals surface area contributed by atoms with Crippen LogP contribution in [0.1, 0.15) is 34.6 Å². The number of hydrogen-bond acceptors (Lipinski definition) is 5. The first-order valence-corrected chi connectivity index (χ1v) is 12.6. The molecule has 0 aliphatic rings. The Kier molecular flexibility index (Phi) is 7.55. The molecule has 2 N–H and O–H groups in total. The van der Waals surface area contributed by atoms with Crippen molar-refractivity contribution < 1.29 is 18.0 Å². The van der Waals surface area contributed by atoms with Gasteiger partial charge < -0.3 is 10.2 Å². The minimum absolute atomic E-state index is 0.168. The molecular formula is C22H22ClN3O4S2. The number of nitrogens with one attached hydrogen (secondary N) is 2. The van der Waals surface area contributed by atoms with Gasteiger partial charge in [0.05, 0.1) is 10.6 Å².